The van der Waals surface area contributed by atoms with E-state index in [9.17, 15) is 58.5 Å². The summed E-state index contributed by atoms with van der Waals surface area (Å²) in [5.41, 5.74) is 0.132. The summed E-state index contributed by atoms with van der Waals surface area (Å²) in [4.78, 5) is 115. The van der Waals surface area contributed by atoms with Crippen LogP contribution in [0.25, 0.3) is 0 Å². The number of amides is 5. The Kier molecular flexibility index (Phi) is 18.4. The van der Waals surface area contributed by atoms with Crippen LogP contribution < -0.4 is 31.9 Å². The van der Waals surface area contributed by atoms with Crippen molar-refractivity contribution in [2.45, 2.75) is 102 Å². The van der Waals surface area contributed by atoms with Gasteiger partial charge in [-0.15, -0.1) is 0 Å². The van der Waals surface area contributed by atoms with E-state index in [1.54, 1.807) is 51.1 Å². The van der Waals surface area contributed by atoms with Crippen molar-refractivity contribution >= 4 is 53.2 Å². The first-order valence-corrected chi connectivity index (χ1v) is 18.3. The van der Waals surface area contributed by atoms with Crippen LogP contribution in [0, 0.1) is 5.41 Å². The van der Waals surface area contributed by atoms with E-state index in [4.69, 9.17) is 5.11 Å². The smallest absolute Gasteiger partial charge is 0.305 e. The maximum absolute atomic E-state index is 14.1. The van der Waals surface area contributed by atoms with Crippen molar-refractivity contribution in [3.8, 4) is 5.75 Å². The highest BCUT2D eigenvalue weighted by molar-refractivity contribution is 5.98. The fraction of sp³-hybridized carbons (Fsp3) is 0.462. The van der Waals surface area contributed by atoms with Crippen molar-refractivity contribution in [2.24, 2.45) is 5.41 Å². The molecule has 0 saturated heterocycles. The predicted octanol–water partition coefficient (Wildman–Crippen LogP) is -0.361. The number of carbonyl (C=O) groups is 9. The number of likely N-dealkylation sites (N-methyl/N-ethyl adjacent to an activating group) is 1. The van der Waals surface area contributed by atoms with E-state index in [0.717, 1.165) is 0 Å². The number of hydrogen-bond acceptors (Lipinski definition) is 11. The standard InChI is InChI=1S/C39H52N6O13/c1-21(46)33(39(2,3)4)45-38(58)29(20-32(52)53)44-36(56)27(18-23-11-13-24(47)14-12-23)41-35(55)26(17-22-9-7-6-8-10-22)42-37(57)28(19-31(50)51)43-34(54)25(40-5)15-16-30(48)49/h6-14,25-29,33,40,47H,15-20H2,1-5H3,(H,41,55)(H,42,57)(H,43,54)(H,44,56)(H,45,58)(H,48,49)(H,50,51)(H,52,53)/t25-,26-,27-,28-,29-,33+/m1/s1. The maximum Gasteiger partial charge on any atom is 0.305 e. The molecule has 0 spiro atoms. The number of nitrogens with one attached hydrogen (secondary N) is 6. The molecule has 0 saturated carbocycles. The van der Waals surface area contributed by atoms with Crippen LogP contribution in [0.15, 0.2) is 54.6 Å². The van der Waals surface area contributed by atoms with Crippen molar-refractivity contribution in [1.82, 2.24) is 31.9 Å². The Morgan fingerprint density at radius 3 is 1.34 bits per heavy atom. The second-order valence-corrected chi connectivity index (χ2v) is 14.7. The molecule has 0 aliphatic carbocycles. The highest BCUT2D eigenvalue weighted by Crippen LogP contribution is 2.20. The van der Waals surface area contributed by atoms with E-state index in [2.05, 4.69) is 31.9 Å². The summed E-state index contributed by atoms with van der Waals surface area (Å²) in [6, 6.07) is 5.09. The van der Waals surface area contributed by atoms with E-state index in [0.29, 0.717) is 11.1 Å². The third kappa shape index (κ3) is 16.4. The largest absolute Gasteiger partial charge is 0.508 e. The highest BCUT2D eigenvalue weighted by atomic mass is 16.4. The van der Waals surface area contributed by atoms with Gasteiger partial charge in [-0.2, -0.15) is 0 Å². The number of aliphatic carboxylic acids is 3. The predicted molar refractivity (Wildman–Crippen MR) is 206 cm³/mol. The molecule has 19 heteroatoms. The number of carbonyl (C=O) groups excluding carboxylic acids is 6. The van der Waals surface area contributed by atoms with Gasteiger partial charge in [-0.1, -0.05) is 63.2 Å². The van der Waals surface area contributed by atoms with Gasteiger partial charge in [-0.3, -0.25) is 43.2 Å². The van der Waals surface area contributed by atoms with E-state index in [1.807, 2.05) is 0 Å². The lowest BCUT2D eigenvalue weighted by molar-refractivity contribution is -0.142. The van der Waals surface area contributed by atoms with E-state index in [-0.39, 0.29) is 25.0 Å². The second-order valence-electron chi connectivity index (χ2n) is 14.7. The lowest BCUT2D eigenvalue weighted by atomic mass is 9.84. The summed E-state index contributed by atoms with van der Waals surface area (Å²) in [6.45, 7) is 6.28. The highest BCUT2D eigenvalue weighted by Gasteiger charge is 2.36. The molecular weight excluding hydrogens is 760 g/mol. The Labute approximate surface area is 334 Å². The number of Topliss-reactive ketones (excluding diaryl/α,β-unsaturated/α-hetero) is 1. The number of carboxylic acids is 3. The maximum atomic E-state index is 14.1. The Balaban J connectivity index is 2.51. The molecule has 0 aromatic heterocycles. The quantitative estimate of drug-likeness (QED) is 0.0686. The summed E-state index contributed by atoms with van der Waals surface area (Å²) in [5, 5.41) is 52.8. The fourth-order valence-corrected chi connectivity index (χ4v) is 5.84. The zero-order chi connectivity index (χ0) is 43.7. The minimum Gasteiger partial charge on any atom is -0.508 e. The summed E-state index contributed by atoms with van der Waals surface area (Å²) >= 11 is 0. The number of carboxylic acid groups (broad SMARTS) is 3. The zero-order valence-electron chi connectivity index (χ0n) is 32.9. The Bertz CT molecular complexity index is 1800. The van der Waals surface area contributed by atoms with Crippen molar-refractivity contribution in [1.29, 1.82) is 0 Å². The van der Waals surface area contributed by atoms with Gasteiger partial charge in [0.15, 0.2) is 5.78 Å². The summed E-state index contributed by atoms with van der Waals surface area (Å²) in [5.74, 6) is -9.64. The van der Waals surface area contributed by atoms with Gasteiger partial charge in [0.25, 0.3) is 0 Å². The first-order chi connectivity index (χ1) is 27.1. The van der Waals surface area contributed by atoms with Crippen molar-refractivity contribution in [3.63, 3.8) is 0 Å². The van der Waals surface area contributed by atoms with Gasteiger partial charge in [0.1, 0.15) is 29.9 Å². The number of phenolic OH excluding ortho intramolecular Hbond substituents is 1. The molecule has 0 bridgehead atoms. The van der Waals surface area contributed by atoms with Gasteiger partial charge in [-0.25, -0.2) is 0 Å². The number of ketones is 1. The monoisotopic (exact) mass is 812 g/mol. The van der Waals surface area contributed by atoms with Crippen LogP contribution in [0.4, 0.5) is 0 Å². The van der Waals surface area contributed by atoms with Gasteiger partial charge in [-0.05, 0) is 49.1 Å². The number of rotatable bonds is 23. The van der Waals surface area contributed by atoms with Gasteiger partial charge in [0.2, 0.25) is 29.5 Å². The van der Waals surface area contributed by atoms with E-state index < -0.39 is 114 Å². The Morgan fingerprint density at radius 1 is 0.552 bits per heavy atom. The molecule has 5 amide bonds. The van der Waals surface area contributed by atoms with Crippen LogP contribution in [0.3, 0.4) is 0 Å². The minimum atomic E-state index is -1.74. The molecule has 58 heavy (non-hydrogen) atoms. The lowest BCUT2D eigenvalue weighted by Crippen LogP contribution is -2.60. The molecule has 6 atom stereocenters. The fourth-order valence-electron chi connectivity index (χ4n) is 5.84. The molecular formula is C39H52N6O13. The third-order valence-electron chi connectivity index (χ3n) is 8.82. The molecule has 0 fully saturated rings. The number of benzene rings is 2. The van der Waals surface area contributed by atoms with Crippen LogP contribution >= 0.6 is 0 Å². The molecule has 0 heterocycles. The molecule has 0 unspecified atom stereocenters. The topological polar surface area (TPSA) is 307 Å². The normalized spacial score (nSPS) is 14.2. The Morgan fingerprint density at radius 2 is 0.948 bits per heavy atom. The van der Waals surface area contributed by atoms with E-state index in [1.165, 1.54) is 38.2 Å². The van der Waals surface area contributed by atoms with Crippen LogP contribution in [-0.2, 0) is 56.0 Å². The molecule has 0 aliphatic rings. The number of aromatic hydroxyl groups is 1. The summed E-state index contributed by atoms with van der Waals surface area (Å²) < 4.78 is 0. The van der Waals surface area contributed by atoms with Crippen LogP contribution in [0.5, 0.6) is 5.75 Å². The molecule has 10 N–H and O–H groups in total. The molecule has 2 aromatic carbocycles. The average molecular weight is 813 g/mol. The van der Waals surface area contributed by atoms with Crippen LogP contribution in [0.1, 0.15) is 64.5 Å². The van der Waals surface area contributed by atoms with Gasteiger partial charge in [0, 0.05) is 19.3 Å². The van der Waals surface area contributed by atoms with Crippen molar-refractivity contribution in [3.05, 3.63) is 65.7 Å². The number of hydrogen-bond donors (Lipinski definition) is 10. The zero-order valence-corrected chi connectivity index (χ0v) is 32.9. The summed E-state index contributed by atoms with van der Waals surface area (Å²) in [7, 11) is 1.37. The van der Waals surface area contributed by atoms with Crippen LogP contribution in [-0.4, -0.2) is 117 Å². The third-order valence-corrected chi connectivity index (χ3v) is 8.82. The van der Waals surface area contributed by atoms with Crippen molar-refractivity contribution < 1.29 is 63.6 Å². The van der Waals surface area contributed by atoms with E-state index >= 15 is 0 Å². The average Bonchev–Trinajstić information content (AvgIpc) is 3.12. The molecule has 0 radical (unpaired) electrons. The molecule has 19 nitrogen and oxygen atoms in total. The first-order valence-electron chi connectivity index (χ1n) is 18.3. The van der Waals surface area contributed by atoms with Crippen LogP contribution in [0.2, 0.25) is 0 Å². The number of phenols is 1. The Hall–Kier alpha value is -6.37. The first kappa shape index (κ1) is 47.8. The molecule has 0 aliphatic heterocycles. The minimum absolute atomic E-state index is 0.109. The van der Waals surface area contributed by atoms with Crippen molar-refractivity contribution in [2.75, 3.05) is 7.05 Å². The molecule has 316 valence electrons. The SMILES string of the molecule is CN[C@H](CCC(=O)O)C(=O)N[C@H](CC(=O)O)C(=O)N[C@H](Cc1ccccc1)C(=O)N[C@H](Cc1ccc(O)cc1)C(=O)N[C@H](CC(=O)O)C(=O)N[C@@H](C(C)=O)C(C)(C)C. The molecule has 2 aromatic rings. The second kappa shape index (κ2) is 22.4. The van der Waals surface area contributed by atoms with Gasteiger partial charge in [0.05, 0.1) is 24.9 Å². The summed E-state index contributed by atoms with van der Waals surface area (Å²) in [6.07, 6.45) is -2.91. The van der Waals surface area contributed by atoms with Gasteiger partial charge < -0.3 is 52.3 Å². The molecule has 2 rings (SSSR count). The van der Waals surface area contributed by atoms with Gasteiger partial charge >= 0.3 is 17.9 Å². The lowest BCUT2D eigenvalue weighted by Gasteiger charge is -2.31.